The summed E-state index contributed by atoms with van der Waals surface area (Å²) in [6.07, 6.45) is 8.61. The number of nitrogens with zero attached hydrogens (tertiary/aromatic N) is 1. The van der Waals surface area contributed by atoms with Gasteiger partial charge < -0.3 is 9.47 Å². The molecule has 0 bridgehead atoms. The number of thioether (sulfide) groups is 1. The Hall–Kier alpha value is -1.53. The van der Waals surface area contributed by atoms with Crippen molar-refractivity contribution in [2.75, 3.05) is 13.7 Å². The van der Waals surface area contributed by atoms with Crippen LogP contribution in [0.3, 0.4) is 0 Å². The Bertz CT molecular complexity index is 754. The third kappa shape index (κ3) is 5.09. The number of rotatable bonds is 7. The van der Waals surface area contributed by atoms with Crippen molar-refractivity contribution in [1.82, 2.24) is 4.90 Å². The molecule has 6 heteroatoms. The minimum atomic E-state index is 0.0399. The average molecular weight is 420 g/mol. The first-order valence-corrected chi connectivity index (χ1v) is 11.3. The molecule has 0 atom stereocenters. The minimum absolute atomic E-state index is 0.0399. The molecule has 0 aromatic heterocycles. The Morgan fingerprint density at radius 1 is 1.25 bits per heavy atom. The lowest BCUT2D eigenvalue weighted by atomic mass is 9.94. The molecular formula is C22H29NO3S2. The van der Waals surface area contributed by atoms with E-state index in [1.807, 2.05) is 29.2 Å². The second kappa shape index (κ2) is 9.79. The molecule has 1 heterocycles. The van der Waals surface area contributed by atoms with Gasteiger partial charge in [0, 0.05) is 6.04 Å². The van der Waals surface area contributed by atoms with Gasteiger partial charge in [-0.1, -0.05) is 63.2 Å². The van der Waals surface area contributed by atoms with Crippen molar-refractivity contribution in [3.8, 4) is 11.5 Å². The van der Waals surface area contributed by atoms with Gasteiger partial charge >= 0.3 is 0 Å². The molecule has 1 saturated carbocycles. The van der Waals surface area contributed by atoms with E-state index in [4.69, 9.17) is 21.7 Å². The minimum Gasteiger partial charge on any atom is -0.493 e. The summed E-state index contributed by atoms with van der Waals surface area (Å²) in [5, 5.41) is 0. The molecule has 4 nitrogen and oxygen atoms in total. The molecule has 1 aromatic rings. The Morgan fingerprint density at radius 2 is 2.00 bits per heavy atom. The summed E-state index contributed by atoms with van der Waals surface area (Å²) in [4.78, 5) is 15.5. The van der Waals surface area contributed by atoms with E-state index in [0.717, 1.165) is 30.6 Å². The highest BCUT2D eigenvalue weighted by Gasteiger charge is 2.37. The molecule has 1 aliphatic heterocycles. The monoisotopic (exact) mass is 419 g/mol. The van der Waals surface area contributed by atoms with Gasteiger partial charge in [0.2, 0.25) is 0 Å². The molecule has 152 valence electrons. The smallest absolute Gasteiger partial charge is 0.266 e. The molecule has 28 heavy (non-hydrogen) atoms. The fourth-order valence-electron chi connectivity index (χ4n) is 3.58. The van der Waals surface area contributed by atoms with Gasteiger partial charge in [0.1, 0.15) is 4.32 Å². The standard InChI is InChI=1S/C22H29NO3S2/c1-15(2)11-12-26-18-10-9-16(13-19(18)25-3)14-20-21(24)23(22(27)28-20)17-7-5-4-6-8-17/h9-10,13-15,17H,4-8,11-12H2,1-3H3/b20-14-. The number of ether oxygens (including phenoxy) is 2. The lowest BCUT2D eigenvalue weighted by Crippen LogP contribution is -2.39. The van der Waals surface area contributed by atoms with Gasteiger partial charge in [0.05, 0.1) is 18.6 Å². The predicted molar refractivity (Wildman–Crippen MR) is 120 cm³/mol. The van der Waals surface area contributed by atoms with Gasteiger partial charge in [-0.3, -0.25) is 9.69 Å². The van der Waals surface area contributed by atoms with Crippen molar-refractivity contribution >= 4 is 40.3 Å². The SMILES string of the molecule is COc1cc(/C=C2\SC(=S)N(C3CCCCC3)C2=O)ccc1OCCC(C)C. The van der Waals surface area contributed by atoms with Gasteiger partial charge in [-0.15, -0.1) is 0 Å². The van der Waals surface area contributed by atoms with Crippen LogP contribution in [-0.2, 0) is 4.79 Å². The molecule has 2 fully saturated rings. The van der Waals surface area contributed by atoms with Crippen molar-refractivity contribution in [1.29, 1.82) is 0 Å². The number of benzene rings is 1. The van der Waals surface area contributed by atoms with Gasteiger partial charge in [0.25, 0.3) is 5.91 Å². The zero-order valence-electron chi connectivity index (χ0n) is 16.9. The van der Waals surface area contributed by atoms with Crippen LogP contribution in [0.2, 0.25) is 0 Å². The average Bonchev–Trinajstić information content (AvgIpc) is 2.96. The maximum absolute atomic E-state index is 12.9. The molecule has 0 N–H and O–H groups in total. The van der Waals surface area contributed by atoms with Crippen molar-refractivity contribution in [3.05, 3.63) is 28.7 Å². The Morgan fingerprint density at radius 3 is 2.68 bits per heavy atom. The largest absolute Gasteiger partial charge is 0.493 e. The lowest BCUT2D eigenvalue weighted by molar-refractivity contribution is -0.124. The maximum atomic E-state index is 12.9. The molecule has 3 rings (SSSR count). The van der Waals surface area contributed by atoms with Crippen molar-refractivity contribution in [2.24, 2.45) is 5.92 Å². The third-order valence-corrected chi connectivity index (χ3v) is 6.53. The van der Waals surface area contributed by atoms with E-state index in [0.29, 0.717) is 27.5 Å². The molecule has 0 unspecified atom stereocenters. The fraction of sp³-hybridized carbons (Fsp3) is 0.545. The van der Waals surface area contributed by atoms with Crippen LogP contribution in [0.25, 0.3) is 6.08 Å². The summed E-state index contributed by atoms with van der Waals surface area (Å²) in [6, 6.07) is 6.05. The summed E-state index contributed by atoms with van der Waals surface area (Å²) < 4.78 is 12.0. The molecule has 1 aliphatic carbocycles. The van der Waals surface area contributed by atoms with E-state index >= 15 is 0 Å². The number of carbonyl (C=O) groups excluding carboxylic acids is 1. The van der Waals surface area contributed by atoms with Crippen molar-refractivity contribution in [3.63, 3.8) is 0 Å². The van der Waals surface area contributed by atoms with Crippen molar-refractivity contribution in [2.45, 2.75) is 58.4 Å². The first-order valence-electron chi connectivity index (χ1n) is 10.1. The van der Waals surface area contributed by atoms with Crippen LogP contribution < -0.4 is 9.47 Å². The highest BCUT2D eigenvalue weighted by molar-refractivity contribution is 8.26. The molecule has 1 amide bonds. The van der Waals surface area contributed by atoms with E-state index in [1.165, 1.54) is 31.0 Å². The molecular weight excluding hydrogens is 390 g/mol. The summed E-state index contributed by atoms with van der Waals surface area (Å²) in [7, 11) is 1.64. The second-order valence-electron chi connectivity index (χ2n) is 7.78. The van der Waals surface area contributed by atoms with Gasteiger partial charge in [-0.2, -0.15) is 0 Å². The highest BCUT2D eigenvalue weighted by atomic mass is 32.2. The molecule has 1 aromatic carbocycles. The molecule has 2 aliphatic rings. The van der Waals surface area contributed by atoms with Crippen LogP contribution in [0.4, 0.5) is 0 Å². The highest BCUT2D eigenvalue weighted by Crippen LogP contribution is 2.38. The van der Waals surface area contributed by atoms with Gasteiger partial charge in [-0.25, -0.2) is 0 Å². The summed E-state index contributed by atoms with van der Waals surface area (Å²) >= 11 is 6.91. The summed E-state index contributed by atoms with van der Waals surface area (Å²) in [5.41, 5.74) is 0.914. The number of methoxy groups -OCH3 is 1. The first-order chi connectivity index (χ1) is 13.5. The maximum Gasteiger partial charge on any atom is 0.266 e. The van der Waals surface area contributed by atoms with Crippen molar-refractivity contribution < 1.29 is 14.3 Å². The first kappa shape index (κ1) is 21.2. The topological polar surface area (TPSA) is 38.8 Å². The van der Waals surface area contributed by atoms with E-state index in [2.05, 4.69) is 13.8 Å². The lowest BCUT2D eigenvalue weighted by Gasteiger charge is -2.29. The quantitative estimate of drug-likeness (QED) is 0.421. The zero-order valence-corrected chi connectivity index (χ0v) is 18.5. The number of amides is 1. The Balaban J connectivity index is 1.73. The molecule has 1 saturated heterocycles. The fourth-order valence-corrected chi connectivity index (χ4v) is 4.98. The van der Waals surface area contributed by atoms with Gasteiger partial charge in [-0.05, 0) is 49.0 Å². The molecule has 0 spiro atoms. The van der Waals surface area contributed by atoms with Gasteiger partial charge in [0.15, 0.2) is 11.5 Å². The Kier molecular flexibility index (Phi) is 7.41. The number of hydrogen-bond acceptors (Lipinski definition) is 5. The van der Waals surface area contributed by atoms with E-state index in [9.17, 15) is 4.79 Å². The van der Waals surface area contributed by atoms with Crippen LogP contribution in [0.1, 0.15) is 57.9 Å². The second-order valence-corrected chi connectivity index (χ2v) is 9.46. The Labute approximate surface area is 177 Å². The van der Waals surface area contributed by atoms with Crippen LogP contribution in [-0.4, -0.2) is 34.9 Å². The summed E-state index contributed by atoms with van der Waals surface area (Å²) in [6.45, 7) is 5.01. The number of hydrogen-bond donors (Lipinski definition) is 0. The number of thiocarbonyl (C=S) groups is 1. The van der Waals surface area contributed by atoms with Crippen LogP contribution in [0.5, 0.6) is 11.5 Å². The zero-order chi connectivity index (χ0) is 20.1. The normalized spacial score (nSPS) is 19.7. The van der Waals surface area contributed by atoms with E-state index in [-0.39, 0.29) is 11.9 Å². The van der Waals surface area contributed by atoms with Crippen LogP contribution >= 0.6 is 24.0 Å². The van der Waals surface area contributed by atoms with Crippen LogP contribution in [0.15, 0.2) is 23.1 Å². The van der Waals surface area contributed by atoms with Crippen LogP contribution in [0, 0.1) is 5.92 Å². The van der Waals surface area contributed by atoms with E-state index < -0.39 is 0 Å². The summed E-state index contributed by atoms with van der Waals surface area (Å²) in [5.74, 6) is 2.05. The van der Waals surface area contributed by atoms with E-state index in [1.54, 1.807) is 7.11 Å². The predicted octanol–water partition coefficient (Wildman–Crippen LogP) is 5.65. The third-order valence-electron chi connectivity index (χ3n) is 5.20. The molecule has 0 radical (unpaired) electrons. The number of carbonyl (C=O) groups is 1.